The van der Waals surface area contributed by atoms with E-state index < -0.39 is 0 Å². The van der Waals surface area contributed by atoms with Crippen molar-refractivity contribution in [1.82, 2.24) is 5.32 Å². The number of fused-ring (bicyclic) bond motifs is 1. The highest BCUT2D eigenvalue weighted by Crippen LogP contribution is 2.26. The smallest absolute Gasteiger partial charge is 0.251 e. The van der Waals surface area contributed by atoms with Crippen LogP contribution in [0.15, 0.2) is 48.5 Å². The average molecular weight is 297 g/mol. The third-order valence-electron chi connectivity index (χ3n) is 3.89. The van der Waals surface area contributed by atoms with Gasteiger partial charge in [-0.15, -0.1) is 0 Å². The molecule has 1 atom stereocenters. The Morgan fingerprint density at radius 2 is 2.00 bits per heavy atom. The minimum Gasteiger partial charge on any atom is -0.497 e. The van der Waals surface area contributed by atoms with Gasteiger partial charge in [0.25, 0.3) is 5.91 Å². The predicted octanol–water partition coefficient (Wildman–Crippen LogP) is 2.74. The highest BCUT2D eigenvalue weighted by molar-refractivity contribution is 5.94. The Bertz CT molecular complexity index is 652. The summed E-state index contributed by atoms with van der Waals surface area (Å²) in [6.07, 6.45) is 0.853. The van der Waals surface area contributed by atoms with Crippen molar-refractivity contribution in [2.45, 2.75) is 12.5 Å². The van der Waals surface area contributed by atoms with Crippen LogP contribution in [0.5, 0.6) is 5.75 Å². The maximum absolute atomic E-state index is 12.2. The summed E-state index contributed by atoms with van der Waals surface area (Å²) in [6.45, 7) is 1.17. The van der Waals surface area contributed by atoms with Crippen LogP contribution in [-0.4, -0.2) is 26.2 Å². The van der Waals surface area contributed by atoms with Crippen LogP contribution in [-0.2, 0) is 11.2 Å². The number of benzene rings is 2. The molecular formula is C18H19NO3. The third kappa shape index (κ3) is 3.12. The molecule has 3 rings (SSSR count). The van der Waals surface area contributed by atoms with Gasteiger partial charge in [-0.05, 0) is 41.8 Å². The fraction of sp³-hybridized carbons (Fsp3) is 0.278. The van der Waals surface area contributed by atoms with Crippen LogP contribution < -0.4 is 10.1 Å². The highest BCUT2D eigenvalue weighted by Gasteiger charge is 2.21. The van der Waals surface area contributed by atoms with Gasteiger partial charge in [0.05, 0.1) is 13.7 Å². The van der Waals surface area contributed by atoms with Gasteiger partial charge in [-0.2, -0.15) is 0 Å². The Hall–Kier alpha value is -2.33. The lowest BCUT2D eigenvalue weighted by molar-refractivity contribution is 0.0411. The Morgan fingerprint density at radius 1 is 1.23 bits per heavy atom. The zero-order valence-corrected chi connectivity index (χ0v) is 12.5. The molecular weight excluding hydrogens is 278 g/mol. The maximum atomic E-state index is 12.2. The molecule has 0 radical (unpaired) electrons. The number of carbonyl (C=O) groups excluding carboxylic acids is 1. The molecule has 2 aromatic rings. The lowest BCUT2D eigenvalue weighted by Crippen LogP contribution is -2.31. The molecule has 22 heavy (non-hydrogen) atoms. The van der Waals surface area contributed by atoms with Gasteiger partial charge in [0.15, 0.2) is 0 Å². The minimum atomic E-state index is -0.102. The van der Waals surface area contributed by atoms with Gasteiger partial charge < -0.3 is 14.8 Å². The molecule has 114 valence electrons. The summed E-state index contributed by atoms with van der Waals surface area (Å²) in [7, 11) is 1.60. The lowest BCUT2D eigenvalue weighted by atomic mass is 9.97. The van der Waals surface area contributed by atoms with Gasteiger partial charge in [0.2, 0.25) is 0 Å². The normalized spacial score (nSPS) is 16.7. The van der Waals surface area contributed by atoms with Crippen LogP contribution in [0.4, 0.5) is 0 Å². The SMILES string of the molecule is COc1ccc(C(=O)NC[C@H]2OCCc3ccccc32)cc1. The number of methoxy groups -OCH3 is 1. The van der Waals surface area contributed by atoms with E-state index in [2.05, 4.69) is 17.4 Å². The Labute approximate surface area is 130 Å². The number of hydrogen-bond acceptors (Lipinski definition) is 3. The number of rotatable bonds is 4. The molecule has 0 saturated heterocycles. The van der Waals surface area contributed by atoms with Crippen molar-refractivity contribution in [2.75, 3.05) is 20.3 Å². The first kappa shape index (κ1) is 14.6. The monoisotopic (exact) mass is 297 g/mol. The van der Waals surface area contributed by atoms with Crippen molar-refractivity contribution in [3.8, 4) is 5.75 Å². The van der Waals surface area contributed by atoms with E-state index in [0.29, 0.717) is 18.7 Å². The second-order valence-electron chi connectivity index (χ2n) is 5.25. The van der Waals surface area contributed by atoms with Crippen molar-refractivity contribution < 1.29 is 14.3 Å². The minimum absolute atomic E-state index is 0.0767. The van der Waals surface area contributed by atoms with Gasteiger partial charge in [0, 0.05) is 12.1 Å². The van der Waals surface area contributed by atoms with Gasteiger partial charge in [-0.1, -0.05) is 24.3 Å². The van der Waals surface area contributed by atoms with E-state index in [9.17, 15) is 4.79 Å². The number of ether oxygens (including phenoxy) is 2. The van der Waals surface area contributed by atoms with E-state index in [1.807, 2.05) is 12.1 Å². The van der Waals surface area contributed by atoms with Crippen molar-refractivity contribution in [3.05, 3.63) is 65.2 Å². The molecule has 0 aliphatic carbocycles. The molecule has 0 fully saturated rings. The Balaban J connectivity index is 1.64. The standard InChI is InChI=1S/C18H19NO3/c1-21-15-8-6-14(7-9-15)18(20)19-12-17-16-5-3-2-4-13(16)10-11-22-17/h2-9,17H,10-12H2,1H3,(H,19,20)/t17-/m1/s1. The summed E-state index contributed by atoms with van der Waals surface area (Å²) in [5.74, 6) is 0.635. The quantitative estimate of drug-likeness (QED) is 0.944. The Kier molecular flexibility index (Phi) is 4.39. The largest absolute Gasteiger partial charge is 0.497 e. The predicted molar refractivity (Wildman–Crippen MR) is 84.2 cm³/mol. The van der Waals surface area contributed by atoms with E-state index in [1.165, 1.54) is 11.1 Å². The van der Waals surface area contributed by atoms with Crippen LogP contribution in [0.3, 0.4) is 0 Å². The van der Waals surface area contributed by atoms with E-state index >= 15 is 0 Å². The topological polar surface area (TPSA) is 47.6 Å². The molecule has 0 saturated carbocycles. The van der Waals surface area contributed by atoms with Crippen LogP contribution >= 0.6 is 0 Å². The van der Waals surface area contributed by atoms with E-state index in [-0.39, 0.29) is 12.0 Å². The summed E-state index contributed by atoms with van der Waals surface area (Å²) < 4.78 is 10.9. The molecule has 1 amide bonds. The van der Waals surface area contributed by atoms with Crippen molar-refractivity contribution >= 4 is 5.91 Å². The number of nitrogens with one attached hydrogen (secondary N) is 1. The number of hydrogen-bond donors (Lipinski definition) is 1. The highest BCUT2D eigenvalue weighted by atomic mass is 16.5. The van der Waals surface area contributed by atoms with Crippen molar-refractivity contribution in [3.63, 3.8) is 0 Å². The van der Waals surface area contributed by atoms with Gasteiger partial charge in [-0.3, -0.25) is 4.79 Å². The first-order valence-electron chi connectivity index (χ1n) is 7.39. The molecule has 2 aromatic carbocycles. The molecule has 0 unspecified atom stereocenters. The molecule has 0 bridgehead atoms. The second kappa shape index (κ2) is 6.62. The molecule has 1 N–H and O–H groups in total. The van der Waals surface area contributed by atoms with E-state index in [4.69, 9.17) is 9.47 Å². The fourth-order valence-electron chi connectivity index (χ4n) is 2.68. The zero-order chi connectivity index (χ0) is 15.4. The van der Waals surface area contributed by atoms with Crippen LogP contribution in [0.25, 0.3) is 0 Å². The van der Waals surface area contributed by atoms with E-state index in [1.54, 1.807) is 31.4 Å². The number of amides is 1. The third-order valence-corrected chi connectivity index (χ3v) is 3.89. The first-order valence-corrected chi connectivity index (χ1v) is 7.39. The number of carbonyl (C=O) groups is 1. The molecule has 1 heterocycles. The molecule has 4 nitrogen and oxygen atoms in total. The van der Waals surface area contributed by atoms with Crippen LogP contribution in [0, 0.1) is 0 Å². The molecule has 0 spiro atoms. The van der Waals surface area contributed by atoms with Gasteiger partial charge in [-0.25, -0.2) is 0 Å². The molecule has 1 aliphatic heterocycles. The second-order valence-corrected chi connectivity index (χ2v) is 5.25. The molecule has 1 aliphatic rings. The average Bonchev–Trinajstić information content (AvgIpc) is 2.59. The first-order chi connectivity index (χ1) is 10.8. The molecule has 4 heteroatoms. The van der Waals surface area contributed by atoms with Crippen molar-refractivity contribution in [2.24, 2.45) is 0 Å². The zero-order valence-electron chi connectivity index (χ0n) is 12.5. The Morgan fingerprint density at radius 3 is 2.77 bits per heavy atom. The summed E-state index contributed by atoms with van der Waals surface area (Å²) in [6, 6.07) is 15.3. The lowest BCUT2D eigenvalue weighted by Gasteiger charge is -2.26. The van der Waals surface area contributed by atoms with Gasteiger partial charge in [0.1, 0.15) is 11.9 Å². The molecule has 0 aromatic heterocycles. The summed E-state index contributed by atoms with van der Waals surface area (Å²) in [5.41, 5.74) is 3.09. The van der Waals surface area contributed by atoms with Crippen LogP contribution in [0.1, 0.15) is 27.6 Å². The van der Waals surface area contributed by atoms with Crippen LogP contribution in [0.2, 0.25) is 0 Å². The summed E-state index contributed by atoms with van der Waals surface area (Å²) in [4.78, 5) is 12.2. The summed E-state index contributed by atoms with van der Waals surface area (Å²) in [5, 5.41) is 2.94. The van der Waals surface area contributed by atoms with Crippen molar-refractivity contribution in [1.29, 1.82) is 0 Å². The van der Waals surface area contributed by atoms with Gasteiger partial charge >= 0.3 is 0 Å². The fourth-order valence-corrected chi connectivity index (χ4v) is 2.68. The maximum Gasteiger partial charge on any atom is 0.251 e. The van der Waals surface area contributed by atoms with E-state index in [0.717, 1.165) is 12.2 Å². The summed E-state index contributed by atoms with van der Waals surface area (Å²) >= 11 is 0.